The lowest BCUT2D eigenvalue weighted by molar-refractivity contribution is -0.113. The number of fused-ring (bicyclic) bond motifs is 4. The number of carboxylic acids is 4. The molecule has 0 aliphatic carbocycles. The van der Waals surface area contributed by atoms with Crippen LogP contribution in [0, 0.1) is 136 Å². The number of carbonyl (C=O) groups excluding carboxylic acids is 2. The largest absolute Gasteiger partial charge is 0.511 e. The lowest BCUT2D eigenvalue weighted by Crippen LogP contribution is -2.15. The van der Waals surface area contributed by atoms with Crippen LogP contribution in [-0.2, 0) is 35.3 Å². The highest BCUT2D eigenvalue weighted by atomic mass is 19.1. The molecule has 4 aromatic heterocycles. The van der Waals surface area contributed by atoms with Gasteiger partial charge in [0.2, 0.25) is 0 Å². The summed E-state index contributed by atoms with van der Waals surface area (Å²) in [6, 6.07) is 69.2. The molecule has 0 radical (unpaired) electrons. The molecule has 726 valence electrons. The van der Waals surface area contributed by atoms with Crippen LogP contribution in [0.1, 0.15) is 178 Å². The van der Waals surface area contributed by atoms with E-state index in [1.165, 1.54) is 148 Å². The second kappa shape index (κ2) is 46.6. The fraction of sp³-hybridized carbons (Fsp3) is 0.193. The normalized spacial score (nSPS) is 11.1. The van der Waals surface area contributed by atoms with Crippen LogP contribution in [0.2, 0.25) is 0 Å². The smallest absolute Gasteiger partial charge is 0.336 e. The molecule has 0 spiro atoms. The van der Waals surface area contributed by atoms with Gasteiger partial charge in [-0.15, -0.1) is 0 Å². The molecular weight excluding hydrogens is 1810 g/mol. The SMILES string of the molecule is C/C(O)=C(\C#N)C(=O)Nc1ccc(C)c(C)c1.C/C(O)=C(\C#N)C(=O)Nc1ccc(C)c(C)c1.CCc1cc(-c2nc3ccc(F)cc3c(C(=O)O)c2C)ccc1C.CCc1cc(C)c(-c2ccc(-c3nc4ccc(F)cc4c(C(=O)O)c3C)cc2)c(C)c1.CCc1ccc(-c2nc3ccc(F)cc3c(C(=O)O)c2C)cc1.CCc1ccc(C)c(-c2ccc(-c3nc4ccc(F)cc4c(C(=O)O)c3C)cc2)c1C. The molecule has 12 aromatic carbocycles. The minimum Gasteiger partial charge on any atom is -0.511 e. The summed E-state index contributed by atoms with van der Waals surface area (Å²) in [4.78, 5) is 89.1. The predicted molar refractivity (Wildman–Crippen MR) is 558 cm³/mol. The molecule has 8 N–H and O–H groups in total. The van der Waals surface area contributed by atoms with Gasteiger partial charge in [-0.1, -0.05) is 149 Å². The van der Waals surface area contributed by atoms with Gasteiger partial charge in [-0.3, -0.25) is 9.59 Å². The van der Waals surface area contributed by atoms with E-state index in [1.54, 1.807) is 52.0 Å². The molecule has 0 bridgehead atoms. The van der Waals surface area contributed by atoms with Gasteiger partial charge in [-0.2, -0.15) is 10.5 Å². The maximum absolute atomic E-state index is 13.7. The first-order valence-electron chi connectivity index (χ1n) is 46.2. The van der Waals surface area contributed by atoms with Crippen LogP contribution in [-0.4, -0.2) is 86.3 Å². The zero-order chi connectivity index (χ0) is 105. The van der Waals surface area contributed by atoms with Crippen molar-refractivity contribution in [2.45, 2.75) is 157 Å². The van der Waals surface area contributed by atoms with E-state index in [1.807, 2.05) is 131 Å². The Kier molecular flexibility index (Phi) is 34.6. The predicted octanol–water partition coefficient (Wildman–Crippen LogP) is 28.5. The number of carboxylic acid groups (broad SMARTS) is 4. The Labute approximate surface area is 827 Å². The molecule has 20 nitrogen and oxygen atoms in total. The van der Waals surface area contributed by atoms with Gasteiger partial charge in [0.15, 0.2) is 11.1 Å². The lowest BCUT2D eigenvalue weighted by Gasteiger charge is -2.15. The Morgan fingerprint density at radius 2 is 0.580 bits per heavy atom. The number of nitrogens with one attached hydrogen (secondary N) is 2. The molecule has 0 saturated carbocycles. The second-order valence-corrected chi connectivity index (χ2v) is 34.9. The number of aromatic nitrogens is 4. The number of benzene rings is 12. The number of hydrogen-bond acceptors (Lipinski definition) is 14. The molecule has 0 atom stereocenters. The molecule has 0 aliphatic heterocycles. The van der Waals surface area contributed by atoms with Crippen LogP contribution in [0.5, 0.6) is 0 Å². The summed E-state index contributed by atoms with van der Waals surface area (Å²) in [5.74, 6) is -7.99. The van der Waals surface area contributed by atoms with E-state index >= 15 is 0 Å². The number of nitriles is 2. The second-order valence-electron chi connectivity index (χ2n) is 34.9. The number of aliphatic hydroxyl groups is 2. The number of aryl methyl sites for hydroxylation is 12. The number of allylic oxidation sites excluding steroid dienone is 2. The van der Waals surface area contributed by atoms with Crippen LogP contribution in [0.3, 0.4) is 0 Å². The van der Waals surface area contributed by atoms with Gasteiger partial charge in [0.1, 0.15) is 46.9 Å². The third-order valence-corrected chi connectivity index (χ3v) is 25.2. The van der Waals surface area contributed by atoms with E-state index in [9.17, 15) is 66.8 Å². The van der Waals surface area contributed by atoms with Crippen molar-refractivity contribution in [1.82, 2.24) is 19.9 Å². The first-order valence-corrected chi connectivity index (χ1v) is 46.2. The van der Waals surface area contributed by atoms with Crippen LogP contribution in [0.4, 0.5) is 28.9 Å². The van der Waals surface area contributed by atoms with Crippen LogP contribution in [0.25, 0.3) is 111 Å². The summed E-state index contributed by atoms with van der Waals surface area (Å²) in [6.45, 7) is 36.3. The van der Waals surface area contributed by atoms with Crippen LogP contribution >= 0.6 is 0 Å². The number of aliphatic hydroxyl groups excluding tert-OH is 2. The molecule has 143 heavy (non-hydrogen) atoms. The third-order valence-electron chi connectivity index (χ3n) is 25.2. The van der Waals surface area contributed by atoms with Crippen molar-refractivity contribution in [3.63, 3.8) is 0 Å². The Hall–Kier alpha value is -17.1. The molecule has 16 rings (SSSR count). The van der Waals surface area contributed by atoms with E-state index in [-0.39, 0.29) is 44.9 Å². The summed E-state index contributed by atoms with van der Waals surface area (Å²) < 4.78 is 54.5. The van der Waals surface area contributed by atoms with Crippen molar-refractivity contribution < 1.29 is 77.0 Å². The van der Waals surface area contributed by atoms with E-state index < -0.39 is 59.0 Å². The molecule has 0 saturated heterocycles. The summed E-state index contributed by atoms with van der Waals surface area (Å²) in [6.07, 6.45) is 3.81. The fourth-order valence-corrected chi connectivity index (χ4v) is 17.3. The zero-order valence-electron chi connectivity index (χ0n) is 83.0. The minimum atomic E-state index is -1.09. The number of anilines is 2. The highest BCUT2D eigenvalue weighted by Crippen LogP contribution is 2.40. The number of halogens is 4. The van der Waals surface area contributed by atoms with Crippen molar-refractivity contribution >= 4 is 90.7 Å². The number of aromatic carboxylic acids is 4. The summed E-state index contributed by atoms with van der Waals surface area (Å²) in [5.41, 5.74) is 31.1. The van der Waals surface area contributed by atoms with Crippen molar-refractivity contribution in [1.29, 1.82) is 10.5 Å². The standard InChI is InChI=1S/2C27H24FNO2.C20H18FNO2.C19H16FNO2.2C13H14N2O2/c1-5-18-12-15(2)24(16(3)13-18)19-6-8-20(9-7-19)26-17(4)25(27(30)31)22-14-21(28)10-11-23(22)29-26;1-5-18-7-6-15(2)24(16(18)3)19-8-10-20(11-9-19)26-17(4)25(27(30)31)22-14-21(28)12-13-23(22)29-26;1-4-13-9-14(6-5-11(13)2)19-12(3)18(20(23)24)16-10-15(21)7-8-17(16)22-19;1-3-12-4-6-13(7-5-12)18-11(2)17(19(22)23)15-10-14(20)8-9-16(15)21-18;2*1-8-4-5-11(6-9(8)2)15-13(17)12(7-14)10(3)16/h2*6-14H,5H2,1-4H3,(H,30,31);5-10H,4H2,1-3H3,(H,23,24);4-10H,3H2,1-2H3,(H,22,23);2*4-6,16H,1-3H3,(H,15,17)/b;;;;2*12-10-. The number of nitrogens with zero attached hydrogens (tertiary/aromatic N) is 6. The minimum absolute atomic E-state index is 0.0884. The van der Waals surface area contributed by atoms with E-state index in [2.05, 4.69) is 129 Å². The molecular formula is C119H110F4N8O12. The number of amides is 2. The Balaban J connectivity index is 0.000000166. The van der Waals surface area contributed by atoms with Gasteiger partial charge >= 0.3 is 23.9 Å². The van der Waals surface area contributed by atoms with Gasteiger partial charge in [-0.25, -0.2) is 56.7 Å². The summed E-state index contributed by atoms with van der Waals surface area (Å²) >= 11 is 0. The maximum Gasteiger partial charge on any atom is 0.336 e. The van der Waals surface area contributed by atoms with Crippen LogP contribution in [0.15, 0.2) is 247 Å². The number of pyridine rings is 4. The van der Waals surface area contributed by atoms with Gasteiger partial charge in [0, 0.05) is 55.2 Å². The Bertz CT molecular complexity index is 7760. The van der Waals surface area contributed by atoms with Gasteiger partial charge in [-0.05, 0) is 350 Å². The molecule has 0 fully saturated rings. The maximum atomic E-state index is 13.7. The number of rotatable bonds is 18. The molecule has 16 aromatic rings. The molecule has 0 aliphatic rings. The highest BCUT2D eigenvalue weighted by Gasteiger charge is 2.26. The van der Waals surface area contributed by atoms with E-state index in [0.29, 0.717) is 100 Å². The first kappa shape index (κ1) is 106. The van der Waals surface area contributed by atoms with Gasteiger partial charge in [0.25, 0.3) is 11.8 Å². The monoisotopic (exact) mass is 1920 g/mol. The average molecular weight is 1920 g/mol. The van der Waals surface area contributed by atoms with Crippen molar-refractivity contribution in [3.05, 3.63) is 387 Å². The van der Waals surface area contributed by atoms with Crippen molar-refractivity contribution in [2.75, 3.05) is 10.6 Å². The Morgan fingerprint density at radius 3 is 0.881 bits per heavy atom. The molecule has 24 heteroatoms. The number of hydrogen-bond donors (Lipinski definition) is 8. The van der Waals surface area contributed by atoms with Crippen molar-refractivity contribution in [3.8, 4) is 79.4 Å². The number of carbonyl (C=O) groups is 6. The fourth-order valence-electron chi connectivity index (χ4n) is 17.3. The first-order chi connectivity index (χ1) is 67.9. The summed E-state index contributed by atoms with van der Waals surface area (Å²) in [5, 5.41) is 80.9. The zero-order valence-corrected chi connectivity index (χ0v) is 83.0. The molecule has 2 amide bonds. The topological polar surface area (TPSA) is 347 Å². The quantitative estimate of drug-likeness (QED) is 0.0171. The van der Waals surface area contributed by atoms with E-state index in [0.717, 1.165) is 81.3 Å². The van der Waals surface area contributed by atoms with Gasteiger partial charge < -0.3 is 41.3 Å². The van der Waals surface area contributed by atoms with Gasteiger partial charge in [0.05, 0.1) is 67.1 Å². The Morgan fingerprint density at radius 1 is 0.287 bits per heavy atom. The van der Waals surface area contributed by atoms with Crippen molar-refractivity contribution in [2.24, 2.45) is 0 Å². The third kappa shape index (κ3) is 24.6. The summed E-state index contributed by atoms with van der Waals surface area (Å²) in [7, 11) is 0. The molecule has 4 heterocycles. The van der Waals surface area contributed by atoms with E-state index in [4.69, 9.17) is 20.7 Å². The highest BCUT2D eigenvalue weighted by molar-refractivity contribution is 6.11. The average Bonchev–Trinajstić information content (AvgIpc) is 0.768. The lowest BCUT2D eigenvalue weighted by atomic mass is 9.90. The molecule has 0 unspecified atom stereocenters. The van der Waals surface area contributed by atoms with Crippen LogP contribution < -0.4 is 10.6 Å².